The minimum Gasteiger partial charge on any atom is -0.324 e. The third kappa shape index (κ3) is 2.96. The van der Waals surface area contributed by atoms with Crippen molar-refractivity contribution in [3.8, 4) is 0 Å². The molecule has 2 N–H and O–H groups in total. The fourth-order valence-corrected chi connectivity index (χ4v) is 2.66. The summed E-state index contributed by atoms with van der Waals surface area (Å²) in [6, 6.07) is 10.7. The molecule has 2 aromatic carbocycles. The molecule has 0 saturated heterocycles. The van der Waals surface area contributed by atoms with E-state index in [0.29, 0.717) is 6.42 Å². The van der Waals surface area contributed by atoms with Crippen molar-refractivity contribution in [2.24, 2.45) is 5.73 Å². The maximum atomic E-state index is 13.4. The average molecular weight is 278 g/mol. The van der Waals surface area contributed by atoms with Gasteiger partial charge >= 0.3 is 0 Å². The molecule has 0 aliphatic rings. The Bertz CT molecular complexity index is 575. The fraction of sp³-hybridized carbons (Fsp3) is 0.250. The highest BCUT2D eigenvalue weighted by Crippen LogP contribution is 2.27. The van der Waals surface area contributed by atoms with Gasteiger partial charge in [0.05, 0.1) is 5.02 Å². The zero-order valence-electron chi connectivity index (χ0n) is 11.1. The smallest absolute Gasteiger partial charge is 0.142 e. The van der Waals surface area contributed by atoms with Gasteiger partial charge in [0.25, 0.3) is 0 Å². The van der Waals surface area contributed by atoms with Crippen LogP contribution in [-0.4, -0.2) is 0 Å². The van der Waals surface area contributed by atoms with Crippen molar-refractivity contribution in [1.29, 1.82) is 0 Å². The molecule has 0 radical (unpaired) electrons. The van der Waals surface area contributed by atoms with Crippen LogP contribution in [0.3, 0.4) is 0 Å². The van der Waals surface area contributed by atoms with Gasteiger partial charge in [-0.05, 0) is 48.6 Å². The molecule has 1 nitrogen and oxygen atoms in total. The highest BCUT2D eigenvalue weighted by atomic mass is 35.5. The molecule has 0 bridgehead atoms. The second-order valence-corrected chi connectivity index (χ2v) is 5.21. The first-order valence-electron chi connectivity index (χ1n) is 6.25. The van der Waals surface area contributed by atoms with Gasteiger partial charge < -0.3 is 5.73 Å². The number of hydrogen-bond donors (Lipinski definition) is 1. The molecular weight excluding hydrogens is 261 g/mol. The van der Waals surface area contributed by atoms with Gasteiger partial charge in [-0.1, -0.05) is 41.9 Å². The van der Waals surface area contributed by atoms with Gasteiger partial charge in [0.15, 0.2) is 0 Å². The van der Waals surface area contributed by atoms with Crippen LogP contribution in [-0.2, 0) is 6.42 Å². The van der Waals surface area contributed by atoms with E-state index in [1.54, 1.807) is 6.07 Å². The maximum Gasteiger partial charge on any atom is 0.142 e. The van der Waals surface area contributed by atoms with Crippen molar-refractivity contribution in [3.05, 3.63) is 69.5 Å². The van der Waals surface area contributed by atoms with Crippen LogP contribution in [0, 0.1) is 19.7 Å². The summed E-state index contributed by atoms with van der Waals surface area (Å²) in [5, 5.41) is 0.171. The minimum absolute atomic E-state index is 0.171. The van der Waals surface area contributed by atoms with Crippen LogP contribution in [0.15, 0.2) is 36.4 Å². The van der Waals surface area contributed by atoms with E-state index < -0.39 is 5.82 Å². The predicted molar refractivity (Wildman–Crippen MR) is 78.0 cm³/mol. The number of nitrogens with two attached hydrogens (primary N) is 1. The fourth-order valence-electron chi connectivity index (χ4n) is 2.46. The van der Waals surface area contributed by atoms with Gasteiger partial charge in [-0.15, -0.1) is 0 Å². The van der Waals surface area contributed by atoms with Gasteiger partial charge in [0.1, 0.15) is 5.82 Å². The number of benzene rings is 2. The van der Waals surface area contributed by atoms with Crippen molar-refractivity contribution in [2.75, 3.05) is 0 Å². The predicted octanol–water partition coefficient (Wildman–Crippen LogP) is 4.34. The van der Waals surface area contributed by atoms with Crippen molar-refractivity contribution in [1.82, 2.24) is 0 Å². The van der Waals surface area contributed by atoms with E-state index in [9.17, 15) is 4.39 Å². The first kappa shape index (κ1) is 14.0. The molecule has 100 valence electrons. The average Bonchev–Trinajstić information content (AvgIpc) is 2.35. The van der Waals surface area contributed by atoms with E-state index in [-0.39, 0.29) is 11.1 Å². The van der Waals surface area contributed by atoms with E-state index in [0.717, 1.165) is 22.3 Å². The van der Waals surface area contributed by atoms with Crippen LogP contribution >= 0.6 is 11.6 Å². The standard InChI is InChI=1S/C16H17ClFN/c1-10-5-3-6-11(2)15(10)14(19)9-12-7-4-8-13(18)16(12)17/h3-8,14H,9,19H2,1-2H3. The van der Waals surface area contributed by atoms with Gasteiger partial charge in [-0.25, -0.2) is 4.39 Å². The molecule has 2 rings (SSSR count). The van der Waals surface area contributed by atoms with Crippen molar-refractivity contribution >= 4 is 11.6 Å². The molecule has 1 unspecified atom stereocenters. The molecule has 3 heteroatoms. The second-order valence-electron chi connectivity index (χ2n) is 4.83. The maximum absolute atomic E-state index is 13.4. The van der Waals surface area contributed by atoms with Crippen molar-refractivity contribution in [3.63, 3.8) is 0 Å². The Morgan fingerprint density at radius 1 is 1.11 bits per heavy atom. The van der Waals surface area contributed by atoms with Crippen LogP contribution in [0.1, 0.15) is 28.3 Å². The van der Waals surface area contributed by atoms with E-state index in [4.69, 9.17) is 17.3 Å². The summed E-state index contributed by atoms with van der Waals surface area (Å²) < 4.78 is 13.4. The largest absolute Gasteiger partial charge is 0.324 e. The van der Waals surface area contributed by atoms with Crippen LogP contribution in [0.4, 0.5) is 4.39 Å². The molecular formula is C16H17ClFN. The first-order chi connectivity index (χ1) is 9.00. The van der Waals surface area contributed by atoms with Crippen LogP contribution in [0.5, 0.6) is 0 Å². The Balaban J connectivity index is 2.31. The molecule has 0 amide bonds. The van der Waals surface area contributed by atoms with Gasteiger partial charge in [0, 0.05) is 6.04 Å². The lowest BCUT2D eigenvalue weighted by Crippen LogP contribution is -2.16. The van der Waals surface area contributed by atoms with Crippen LogP contribution in [0.25, 0.3) is 0 Å². The van der Waals surface area contributed by atoms with E-state index in [1.807, 2.05) is 38.1 Å². The summed E-state index contributed by atoms with van der Waals surface area (Å²) in [5.41, 5.74) is 10.4. The molecule has 0 saturated carbocycles. The molecule has 0 aliphatic heterocycles. The Morgan fingerprint density at radius 3 is 2.32 bits per heavy atom. The second kappa shape index (κ2) is 5.72. The molecule has 0 fully saturated rings. The quantitative estimate of drug-likeness (QED) is 0.887. The molecule has 0 aliphatic carbocycles. The minimum atomic E-state index is -0.395. The summed E-state index contributed by atoms with van der Waals surface area (Å²) in [6.45, 7) is 4.07. The Kier molecular flexibility index (Phi) is 4.23. The van der Waals surface area contributed by atoms with Gasteiger partial charge in [-0.2, -0.15) is 0 Å². The zero-order valence-corrected chi connectivity index (χ0v) is 11.8. The SMILES string of the molecule is Cc1cccc(C)c1C(N)Cc1cccc(F)c1Cl. The summed E-state index contributed by atoms with van der Waals surface area (Å²) in [7, 11) is 0. The third-order valence-corrected chi connectivity index (χ3v) is 3.81. The lowest BCUT2D eigenvalue weighted by atomic mass is 9.92. The normalized spacial score (nSPS) is 12.5. The number of hydrogen-bond acceptors (Lipinski definition) is 1. The highest BCUT2D eigenvalue weighted by molar-refractivity contribution is 6.31. The first-order valence-corrected chi connectivity index (χ1v) is 6.63. The van der Waals surface area contributed by atoms with E-state index >= 15 is 0 Å². The highest BCUT2D eigenvalue weighted by Gasteiger charge is 2.15. The topological polar surface area (TPSA) is 26.0 Å². The third-order valence-electron chi connectivity index (χ3n) is 3.38. The molecule has 0 heterocycles. The Morgan fingerprint density at radius 2 is 1.68 bits per heavy atom. The van der Waals surface area contributed by atoms with Crippen LogP contribution in [0.2, 0.25) is 5.02 Å². The molecule has 1 atom stereocenters. The lowest BCUT2D eigenvalue weighted by Gasteiger charge is -2.18. The Labute approximate surface area is 118 Å². The lowest BCUT2D eigenvalue weighted by molar-refractivity contribution is 0.622. The van der Waals surface area contributed by atoms with Gasteiger partial charge in [0.2, 0.25) is 0 Å². The van der Waals surface area contributed by atoms with E-state index in [2.05, 4.69) is 0 Å². The number of rotatable bonds is 3. The van der Waals surface area contributed by atoms with E-state index in [1.165, 1.54) is 6.07 Å². The van der Waals surface area contributed by atoms with Crippen molar-refractivity contribution in [2.45, 2.75) is 26.3 Å². The Hall–Kier alpha value is -1.38. The summed E-state index contributed by atoms with van der Waals surface area (Å²) in [6.07, 6.45) is 0.530. The number of aryl methyl sites for hydroxylation is 2. The van der Waals surface area contributed by atoms with Crippen molar-refractivity contribution < 1.29 is 4.39 Å². The summed E-state index contributed by atoms with van der Waals surface area (Å²) in [4.78, 5) is 0. The monoisotopic (exact) mass is 277 g/mol. The van der Waals surface area contributed by atoms with Crippen LogP contribution < -0.4 is 5.73 Å². The molecule has 0 spiro atoms. The molecule has 19 heavy (non-hydrogen) atoms. The summed E-state index contributed by atoms with van der Waals surface area (Å²) in [5.74, 6) is -0.395. The zero-order chi connectivity index (χ0) is 14.0. The molecule has 2 aromatic rings. The summed E-state index contributed by atoms with van der Waals surface area (Å²) >= 11 is 5.97. The molecule has 0 aromatic heterocycles. The van der Waals surface area contributed by atoms with Gasteiger partial charge in [-0.3, -0.25) is 0 Å². The number of halogens is 2.